The van der Waals surface area contributed by atoms with Crippen LogP contribution in [-0.4, -0.2) is 59.1 Å². The zero-order valence-electron chi connectivity index (χ0n) is 25.7. The molecule has 248 valence electrons. The van der Waals surface area contributed by atoms with Crippen molar-refractivity contribution >= 4 is 21.9 Å². The van der Waals surface area contributed by atoms with Crippen LogP contribution >= 0.6 is 0 Å². The Hall–Kier alpha value is -6.70. The molecule has 2 aromatic heterocycles. The minimum atomic E-state index is -0.596. The van der Waals surface area contributed by atoms with Gasteiger partial charge in [0.2, 0.25) is 22.4 Å². The Kier molecular flexibility index (Phi) is 8.83. The summed E-state index contributed by atoms with van der Waals surface area (Å²) in [4.78, 5) is 25.2. The Balaban J connectivity index is 0.000000188. The first-order chi connectivity index (χ1) is 22.9. The molecule has 0 fully saturated rings. The summed E-state index contributed by atoms with van der Waals surface area (Å²) in [5, 5.41) is 58.6. The SMILES string of the molecule is COc1ccc(-c2oc3cc(O)cc(O)c3c(=O)c2OC)cc1O.COc1ccc(-c2oc3cc(O)cc(O)c3c(=O)c2OC)cc1O. The van der Waals surface area contributed by atoms with Crippen molar-refractivity contribution in [2.45, 2.75) is 0 Å². The molecule has 14 heteroatoms. The summed E-state index contributed by atoms with van der Waals surface area (Å²) in [6.45, 7) is 0. The summed E-state index contributed by atoms with van der Waals surface area (Å²) in [5.41, 5.74) is -0.478. The van der Waals surface area contributed by atoms with Crippen LogP contribution in [0.5, 0.6) is 57.5 Å². The average molecular weight is 661 g/mol. The van der Waals surface area contributed by atoms with E-state index in [4.69, 9.17) is 27.8 Å². The second-order valence-electron chi connectivity index (χ2n) is 10.0. The average Bonchev–Trinajstić information content (AvgIpc) is 3.04. The standard InChI is InChI=1S/2C17H14O7/c2*1-22-12-4-3-8(5-10(12)19)16-17(23-2)15(21)14-11(20)6-9(18)7-13(14)24-16/h2*3-7,18-20H,1-2H3. The number of hydrogen-bond donors (Lipinski definition) is 6. The van der Waals surface area contributed by atoms with Crippen molar-refractivity contribution in [1.29, 1.82) is 0 Å². The lowest BCUT2D eigenvalue weighted by molar-refractivity contribution is 0.373. The van der Waals surface area contributed by atoms with Gasteiger partial charge >= 0.3 is 0 Å². The fraction of sp³-hybridized carbons (Fsp3) is 0.118. The molecule has 0 unspecified atom stereocenters. The number of methoxy groups -OCH3 is 4. The number of hydrogen-bond acceptors (Lipinski definition) is 14. The summed E-state index contributed by atoms with van der Waals surface area (Å²) in [6.07, 6.45) is 0. The Bertz CT molecular complexity index is 2140. The highest BCUT2D eigenvalue weighted by Crippen LogP contribution is 2.40. The van der Waals surface area contributed by atoms with Gasteiger partial charge in [-0.1, -0.05) is 0 Å². The van der Waals surface area contributed by atoms with Gasteiger partial charge in [0.1, 0.15) is 44.9 Å². The van der Waals surface area contributed by atoms with Crippen LogP contribution in [0.15, 0.2) is 79.1 Å². The van der Waals surface area contributed by atoms with Crippen molar-refractivity contribution in [3.63, 3.8) is 0 Å². The van der Waals surface area contributed by atoms with E-state index in [1.54, 1.807) is 12.1 Å². The highest BCUT2D eigenvalue weighted by molar-refractivity contribution is 5.89. The van der Waals surface area contributed by atoms with Crippen LogP contribution in [0.4, 0.5) is 0 Å². The molecule has 0 saturated carbocycles. The minimum Gasteiger partial charge on any atom is -0.508 e. The van der Waals surface area contributed by atoms with E-state index in [0.717, 1.165) is 12.1 Å². The lowest BCUT2D eigenvalue weighted by Gasteiger charge is -2.11. The third kappa shape index (κ3) is 5.85. The van der Waals surface area contributed by atoms with Crippen LogP contribution in [0.1, 0.15) is 0 Å². The summed E-state index contributed by atoms with van der Waals surface area (Å²) in [5.74, 6) is -1.25. The third-order valence-electron chi connectivity index (χ3n) is 7.13. The summed E-state index contributed by atoms with van der Waals surface area (Å²) < 4.78 is 31.5. The number of rotatable bonds is 6. The maximum Gasteiger partial charge on any atom is 0.239 e. The fourth-order valence-electron chi connectivity index (χ4n) is 4.95. The van der Waals surface area contributed by atoms with E-state index in [1.807, 2.05) is 0 Å². The zero-order chi connectivity index (χ0) is 34.9. The van der Waals surface area contributed by atoms with Gasteiger partial charge < -0.3 is 58.4 Å². The molecule has 0 bridgehead atoms. The van der Waals surface area contributed by atoms with Crippen molar-refractivity contribution in [2.24, 2.45) is 0 Å². The molecule has 0 saturated heterocycles. The van der Waals surface area contributed by atoms with Crippen molar-refractivity contribution < 1.29 is 58.4 Å². The molecule has 0 aliphatic heterocycles. The largest absolute Gasteiger partial charge is 0.508 e. The molecule has 6 aromatic rings. The molecule has 48 heavy (non-hydrogen) atoms. The van der Waals surface area contributed by atoms with Crippen LogP contribution in [-0.2, 0) is 0 Å². The number of phenolic OH excluding ortho intramolecular Hbond substituents is 6. The third-order valence-corrected chi connectivity index (χ3v) is 7.13. The van der Waals surface area contributed by atoms with Crippen molar-refractivity contribution in [3.8, 4) is 80.1 Å². The second kappa shape index (κ2) is 13.0. The highest BCUT2D eigenvalue weighted by Gasteiger charge is 2.22. The van der Waals surface area contributed by atoms with Crippen LogP contribution < -0.4 is 29.8 Å². The highest BCUT2D eigenvalue weighted by atomic mass is 16.5. The molecule has 6 rings (SSSR count). The van der Waals surface area contributed by atoms with Gasteiger partial charge in [-0.25, -0.2) is 0 Å². The van der Waals surface area contributed by atoms with Gasteiger partial charge in [0.25, 0.3) is 0 Å². The molecular formula is C34H28O14. The number of ether oxygens (including phenoxy) is 4. The van der Waals surface area contributed by atoms with Crippen LogP contribution in [0.2, 0.25) is 0 Å². The van der Waals surface area contributed by atoms with Crippen LogP contribution in [0, 0.1) is 0 Å². The Morgan fingerprint density at radius 2 is 0.854 bits per heavy atom. The van der Waals surface area contributed by atoms with Gasteiger partial charge in [0.05, 0.1) is 28.4 Å². The Morgan fingerprint density at radius 3 is 1.17 bits per heavy atom. The second-order valence-corrected chi connectivity index (χ2v) is 10.0. The molecule has 6 N–H and O–H groups in total. The first kappa shape index (κ1) is 32.7. The lowest BCUT2D eigenvalue weighted by Crippen LogP contribution is -2.07. The molecule has 4 aromatic carbocycles. The maximum absolute atomic E-state index is 12.6. The predicted molar refractivity (Wildman–Crippen MR) is 172 cm³/mol. The Labute approximate surface area is 270 Å². The van der Waals surface area contributed by atoms with Gasteiger partial charge in [-0.3, -0.25) is 9.59 Å². The molecule has 14 nitrogen and oxygen atoms in total. The molecule has 0 aliphatic rings. The van der Waals surface area contributed by atoms with E-state index in [0.29, 0.717) is 11.1 Å². The van der Waals surface area contributed by atoms with Crippen molar-refractivity contribution in [2.75, 3.05) is 28.4 Å². The zero-order valence-corrected chi connectivity index (χ0v) is 25.7. The van der Waals surface area contributed by atoms with Crippen molar-refractivity contribution in [1.82, 2.24) is 0 Å². The number of benzene rings is 4. The topological polar surface area (TPSA) is 219 Å². The monoisotopic (exact) mass is 660 g/mol. The first-order valence-corrected chi connectivity index (χ1v) is 13.8. The van der Waals surface area contributed by atoms with Crippen molar-refractivity contribution in [3.05, 3.63) is 81.1 Å². The molecule has 0 atom stereocenters. The Morgan fingerprint density at radius 1 is 0.479 bits per heavy atom. The lowest BCUT2D eigenvalue weighted by atomic mass is 10.1. The molecule has 0 spiro atoms. The van der Waals surface area contributed by atoms with E-state index < -0.39 is 22.4 Å². The molecule has 0 amide bonds. The van der Waals surface area contributed by atoms with E-state index >= 15 is 0 Å². The minimum absolute atomic E-state index is 0.0105. The van der Waals surface area contributed by atoms with E-state index in [-0.39, 0.29) is 79.5 Å². The van der Waals surface area contributed by atoms with Gasteiger partial charge in [-0.2, -0.15) is 0 Å². The summed E-state index contributed by atoms with van der Waals surface area (Å²) in [6, 6.07) is 13.4. The van der Waals surface area contributed by atoms with Gasteiger partial charge in [0.15, 0.2) is 34.5 Å². The van der Waals surface area contributed by atoms with E-state index in [9.17, 15) is 40.2 Å². The van der Waals surface area contributed by atoms with Crippen LogP contribution in [0.3, 0.4) is 0 Å². The van der Waals surface area contributed by atoms with E-state index in [2.05, 4.69) is 0 Å². The summed E-state index contributed by atoms with van der Waals surface area (Å²) in [7, 11) is 5.42. The summed E-state index contributed by atoms with van der Waals surface area (Å²) >= 11 is 0. The molecule has 0 aliphatic carbocycles. The normalized spacial score (nSPS) is 10.8. The number of aromatic hydroxyl groups is 6. The molecular weight excluding hydrogens is 632 g/mol. The first-order valence-electron chi connectivity index (χ1n) is 13.8. The number of fused-ring (bicyclic) bond motifs is 2. The molecule has 0 radical (unpaired) electrons. The number of phenols is 6. The predicted octanol–water partition coefficient (Wildman–Crippen LogP) is 5.19. The van der Waals surface area contributed by atoms with Gasteiger partial charge in [-0.15, -0.1) is 0 Å². The van der Waals surface area contributed by atoms with Gasteiger partial charge in [-0.05, 0) is 36.4 Å². The fourth-order valence-corrected chi connectivity index (χ4v) is 4.95. The van der Waals surface area contributed by atoms with Crippen LogP contribution in [0.25, 0.3) is 44.6 Å². The van der Waals surface area contributed by atoms with Gasteiger partial charge in [0, 0.05) is 35.4 Å². The quantitative estimate of drug-likeness (QED) is 0.136. The molecule has 2 heterocycles. The maximum atomic E-state index is 12.6. The smallest absolute Gasteiger partial charge is 0.239 e. The van der Waals surface area contributed by atoms with E-state index in [1.165, 1.54) is 64.8 Å².